The summed E-state index contributed by atoms with van der Waals surface area (Å²) in [5.74, 6) is -2.32. The van der Waals surface area contributed by atoms with E-state index in [1.54, 1.807) is 0 Å². The third kappa shape index (κ3) is 0.839. The van der Waals surface area contributed by atoms with Crippen LogP contribution in [0, 0.1) is 5.41 Å². The van der Waals surface area contributed by atoms with Crippen LogP contribution in [0.1, 0.15) is 20.3 Å². The van der Waals surface area contributed by atoms with Gasteiger partial charge in [-0.15, -0.1) is 0 Å². The van der Waals surface area contributed by atoms with E-state index in [0.717, 1.165) is 0 Å². The average molecular weight is 149 g/mol. The van der Waals surface area contributed by atoms with Crippen LogP contribution in [0.5, 0.6) is 0 Å². The monoisotopic (exact) mass is 149 g/mol. The lowest BCUT2D eigenvalue weighted by Gasteiger charge is -2.26. The maximum absolute atomic E-state index is 12.2. The standard InChI is InChI=1S/C5H7F2N.C2H6/c6-5(7)1-4(5)2-8-3-4;1-2/h8H,1-3H2;1-2H3. The molecular formula is C7H13F2N. The average Bonchev–Trinajstić information content (AvgIpc) is 2.39. The maximum atomic E-state index is 12.2. The van der Waals surface area contributed by atoms with Crippen molar-refractivity contribution in [3.8, 4) is 0 Å². The summed E-state index contributed by atoms with van der Waals surface area (Å²) in [5, 5.41) is 2.84. The Bertz CT molecular complexity index is 130. The molecule has 1 nitrogen and oxygen atoms in total. The molecule has 1 aliphatic carbocycles. The molecule has 0 amide bonds. The van der Waals surface area contributed by atoms with Crippen LogP contribution in [0.4, 0.5) is 8.78 Å². The lowest BCUT2D eigenvalue weighted by Crippen LogP contribution is -2.47. The second kappa shape index (κ2) is 2.16. The van der Waals surface area contributed by atoms with E-state index in [1.165, 1.54) is 0 Å². The van der Waals surface area contributed by atoms with Crippen molar-refractivity contribution in [2.75, 3.05) is 13.1 Å². The predicted octanol–water partition coefficient (Wildman–Crippen LogP) is 1.64. The van der Waals surface area contributed by atoms with Gasteiger partial charge in [0, 0.05) is 19.5 Å². The maximum Gasteiger partial charge on any atom is 0.257 e. The highest BCUT2D eigenvalue weighted by Gasteiger charge is 2.73. The van der Waals surface area contributed by atoms with Crippen molar-refractivity contribution in [1.82, 2.24) is 5.32 Å². The van der Waals surface area contributed by atoms with E-state index < -0.39 is 11.3 Å². The van der Waals surface area contributed by atoms with E-state index in [0.29, 0.717) is 13.1 Å². The van der Waals surface area contributed by atoms with Gasteiger partial charge in [0.25, 0.3) is 5.92 Å². The van der Waals surface area contributed by atoms with Gasteiger partial charge in [0.05, 0.1) is 5.41 Å². The number of rotatable bonds is 0. The summed E-state index contributed by atoms with van der Waals surface area (Å²) in [4.78, 5) is 0. The Morgan fingerprint density at radius 2 is 1.60 bits per heavy atom. The normalized spacial score (nSPS) is 30.0. The van der Waals surface area contributed by atoms with Crippen molar-refractivity contribution in [2.24, 2.45) is 5.41 Å². The summed E-state index contributed by atoms with van der Waals surface area (Å²) in [6.07, 6.45) is 0.118. The van der Waals surface area contributed by atoms with Crippen molar-refractivity contribution in [2.45, 2.75) is 26.2 Å². The molecule has 0 bridgehead atoms. The first-order valence-electron chi connectivity index (χ1n) is 3.75. The van der Waals surface area contributed by atoms with Gasteiger partial charge in [0.1, 0.15) is 0 Å². The van der Waals surface area contributed by atoms with Crippen LogP contribution in [0.25, 0.3) is 0 Å². The second-order valence-corrected chi connectivity index (χ2v) is 2.77. The molecule has 0 aromatic heterocycles. The molecule has 2 fully saturated rings. The lowest BCUT2D eigenvalue weighted by atomic mass is 10.00. The Hall–Kier alpha value is -0.180. The number of hydrogen-bond donors (Lipinski definition) is 1. The Balaban J connectivity index is 0.000000231. The third-order valence-electron chi connectivity index (χ3n) is 2.14. The van der Waals surface area contributed by atoms with Gasteiger partial charge in [-0.05, 0) is 0 Å². The third-order valence-corrected chi connectivity index (χ3v) is 2.14. The van der Waals surface area contributed by atoms with E-state index in [-0.39, 0.29) is 6.42 Å². The molecule has 2 aliphatic rings. The Morgan fingerprint density at radius 1 is 1.20 bits per heavy atom. The van der Waals surface area contributed by atoms with E-state index in [1.807, 2.05) is 13.8 Å². The molecule has 1 N–H and O–H groups in total. The molecule has 1 aliphatic heterocycles. The Labute approximate surface area is 59.8 Å². The van der Waals surface area contributed by atoms with Gasteiger partial charge in [0.15, 0.2) is 0 Å². The van der Waals surface area contributed by atoms with Crippen LogP contribution < -0.4 is 5.32 Å². The van der Waals surface area contributed by atoms with Gasteiger partial charge in [-0.1, -0.05) is 13.8 Å². The minimum atomic E-state index is -2.32. The summed E-state index contributed by atoms with van der Waals surface area (Å²) in [6, 6.07) is 0. The lowest BCUT2D eigenvalue weighted by molar-refractivity contribution is 0.0419. The van der Waals surface area contributed by atoms with Gasteiger partial charge in [-0.25, -0.2) is 8.78 Å². The SMILES string of the molecule is CC.FC1(F)CC12CNC2. The molecule has 0 aromatic carbocycles. The van der Waals surface area contributed by atoms with Crippen molar-refractivity contribution in [3.05, 3.63) is 0 Å². The number of halogens is 2. The minimum absolute atomic E-state index is 0.118. The molecule has 0 radical (unpaired) electrons. The summed E-state index contributed by atoms with van der Waals surface area (Å²) < 4.78 is 24.4. The number of alkyl halides is 2. The van der Waals surface area contributed by atoms with Gasteiger partial charge in [0.2, 0.25) is 0 Å². The van der Waals surface area contributed by atoms with Crippen LogP contribution in [0.2, 0.25) is 0 Å². The van der Waals surface area contributed by atoms with Crippen molar-refractivity contribution < 1.29 is 8.78 Å². The molecule has 3 heteroatoms. The highest BCUT2D eigenvalue weighted by Crippen LogP contribution is 2.62. The second-order valence-electron chi connectivity index (χ2n) is 2.77. The first kappa shape index (κ1) is 7.92. The smallest absolute Gasteiger partial charge is 0.257 e. The van der Waals surface area contributed by atoms with Gasteiger partial charge in [-0.3, -0.25) is 0 Å². The molecule has 1 saturated carbocycles. The zero-order valence-corrected chi connectivity index (χ0v) is 6.38. The largest absolute Gasteiger partial charge is 0.315 e. The van der Waals surface area contributed by atoms with Crippen LogP contribution in [0.15, 0.2) is 0 Å². The highest BCUT2D eigenvalue weighted by molar-refractivity contribution is 5.17. The predicted molar refractivity (Wildman–Crippen MR) is 36.2 cm³/mol. The molecule has 1 heterocycles. The van der Waals surface area contributed by atoms with Crippen LogP contribution >= 0.6 is 0 Å². The molecule has 0 unspecified atom stereocenters. The minimum Gasteiger partial charge on any atom is -0.315 e. The van der Waals surface area contributed by atoms with Crippen molar-refractivity contribution in [1.29, 1.82) is 0 Å². The van der Waals surface area contributed by atoms with Crippen LogP contribution in [0.3, 0.4) is 0 Å². The van der Waals surface area contributed by atoms with E-state index >= 15 is 0 Å². The van der Waals surface area contributed by atoms with Gasteiger partial charge < -0.3 is 5.32 Å². The highest BCUT2D eigenvalue weighted by atomic mass is 19.3. The molecule has 60 valence electrons. The van der Waals surface area contributed by atoms with Gasteiger partial charge in [-0.2, -0.15) is 0 Å². The van der Waals surface area contributed by atoms with E-state index in [2.05, 4.69) is 5.32 Å². The molecule has 2 rings (SSSR count). The fourth-order valence-electron chi connectivity index (χ4n) is 1.19. The molecule has 0 atom stereocenters. The molecule has 1 spiro atoms. The topological polar surface area (TPSA) is 12.0 Å². The first-order chi connectivity index (χ1) is 4.66. The van der Waals surface area contributed by atoms with Gasteiger partial charge >= 0.3 is 0 Å². The summed E-state index contributed by atoms with van der Waals surface area (Å²) in [7, 11) is 0. The first-order valence-corrected chi connectivity index (χ1v) is 3.75. The summed E-state index contributed by atoms with van der Waals surface area (Å²) in [6.45, 7) is 5.06. The summed E-state index contributed by atoms with van der Waals surface area (Å²) in [5.41, 5.74) is -0.576. The van der Waals surface area contributed by atoms with Crippen LogP contribution in [-0.2, 0) is 0 Å². The fraction of sp³-hybridized carbons (Fsp3) is 1.00. The Kier molecular flexibility index (Phi) is 1.71. The summed E-state index contributed by atoms with van der Waals surface area (Å²) >= 11 is 0. The zero-order chi connectivity index (χ0) is 7.83. The van der Waals surface area contributed by atoms with Crippen molar-refractivity contribution in [3.63, 3.8) is 0 Å². The number of nitrogens with one attached hydrogen (secondary N) is 1. The number of hydrogen-bond acceptors (Lipinski definition) is 1. The molecule has 0 aromatic rings. The molecule has 1 saturated heterocycles. The van der Waals surface area contributed by atoms with Crippen molar-refractivity contribution >= 4 is 0 Å². The molecular weight excluding hydrogens is 136 g/mol. The Morgan fingerprint density at radius 3 is 1.60 bits per heavy atom. The quantitative estimate of drug-likeness (QED) is 0.552. The molecule has 10 heavy (non-hydrogen) atoms. The van der Waals surface area contributed by atoms with E-state index in [4.69, 9.17) is 0 Å². The fourth-order valence-corrected chi connectivity index (χ4v) is 1.19. The van der Waals surface area contributed by atoms with E-state index in [9.17, 15) is 8.78 Å². The van der Waals surface area contributed by atoms with Crippen LogP contribution in [-0.4, -0.2) is 19.0 Å². The zero-order valence-electron chi connectivity index (χ0n) is 6.38.